The van der Waals surface area contributed by atoms with Crippen molar-refractivity contribution in [1.82, 2.24) is 13.9 Å². The molecule has 1 heterocycles. The molecule has 1 atom stereocenters. The summed E-state index contributed by atoms with van der Waals surface area (Å²) in [6.07, 6.45) is -3.76. The molecular weight excluding hydrogens is 559 g/mol. The highest BCUT2D eigenvalue weighted by molar-refractivity contribution is 7.92. The molecule has 0 spiro atoms. The van der Waals surface area contributed by atoms with Crippen LogP contribution >= 0.6 is 0 Å². The lowest BCUT2D eigenvalue weighted by atomic mass is 10.1. The van der Waals surface area contributed by atoms with Gasteiger partial charge in [0.2, 0.25) is 20.0 Å². The number of alkyl halides is 3. The van der Waals surface area contributed by atoms with Gasteiger partial charge in [-0.2, -0.15) is 17.5 Å². The molecule has 1 fully saturated rings. The molecule has 1 unspecified atom stereocenters. The van der Waals surface area contributed by atoms with Crippen LogP contribution in [0.15, 0.2) is 65.4 Å². The van der Waals surface area contributed by atoms with E-state index in [0.29, 0.717) is 12.0 Å². The Morgan fingerprint density at radius 2 is 1.74 bits per heavy atom. The lowest BCUT2D eigenvalue weighted by Crippen LogP contribution is -2.33. The molecule has 0 aromatic heterocycles. The van der Waals surface area contributed by atoms with E-state index in [-0.39, 0.29) is 62.1 Å². The molecule has 1 amide bonds. The van der Waals surface area contributed by atoms with Crippen LogP contribution in [-0.4, -0.2) is 69.8 Å². The molecule has 0 bridgehead atoms. The van der Waals surface area contributed by atoms with Crippen molar-refractivity contribution in [2.45, 2.75) is 30.5 Å². The normalized spacial score (nSPS) is 16.8. The number of benzene rings is 2. The Morgan fingerprint density at radius 3 is 2.31 bits per heavy atom. The summed E-state index contributed by atoms with van der Waals surface area (Å²) >= 11 is 0. The highest BCUT2D eigenvalue weighted by Gasteiger charge is 2.33. The van der Waals surface area contributed by atoms with E-state index in [1.807, 2.05) is 0 Å². The molecule has 1 saturated heterocycles. The molecule has 2 aromatic carbocycles. The van der Waals surface area contributed by atoms with Gasteiger partial charge in [-0.15, -0.1) is 0 Å². The Hall–Kier alpha value is -2.78. The largest absolute Gasteiger partial charge is 0.416 e. The van der Waals surface area contributed by atoms with Crippen molar-refractivity contribution < 1.29 is 39.9 Å². The average molecular weight is 590 g/mol. The Bertz CT molecular complexity index is 1360. The number of aliphatic hydroxyl groups is 1. The summed E-state index contributed by atoms with van der Waals surface area (Å²) in [6.45, 7) is 3.59. The molecule has 1 aliphatic rings. The minimum absolute atomic E-state index is 0.00178. The van der Waals surface area contributed by atoms with Gasteiger partial charge in [0.05, 0.1) is 10.5 Å². The van der Waals surface area contributed by atoms with Crippen molar-refractivity contribution in [3.63, 3.8) is 0 Å². The average Bonchev–Trinajstić information content (AvgIpc) is 3.40. The van der Waals surface area contributed by atoms with Crippen LogP contribution in [-0.2, 0) is 32.8 Å². The van der Waals surface area contributed by atoms with Gasteiger partial charge in [0, 0.05) is 50.3 Å². The number of hydrogen-bond donors (Lipinski definition) is 2. The van der Waals surface area contributed by atoms with Crippen molar-refractivity contribution in [2.24, 2.45) is 5.92 Å². The molecule has 1 aliphatic heterocycles. The van der Waals surface area contributed by atoms with Crippen LogP contribution in [0, 0.1) is 5.92 Å². The number of hydrogen-bond acceptors (Lipinski definition) is 6. The molecule has 3 rings (SSSR count). The van der Waals surface area contributed by atoms with E-state index in [2.05, 4.69) is 11.3 Å². The summed E-state index contributed by atoms with van der Waals surface area (Å²) in [4.78, 5) is 14.5. The van der Waals surface area contributed by atoms with E-state index < -0.39 is 37.7 Å². The third-order valence-electron chi connectivity index (χ3n) is 6.31. The number of carbonyl (C=O) groups excluding carboxylic acids is 1. The van der Waals surface area contributed by atoms with Gasteiger partial charge in [-0.1, -0.05) is 18.7 Å². The number of rotatable bonds is 12. The van der Waals surface area contributed by atoms with E-state index in [0.717, 1.165) is 17.5 Å². The second kappa shape index (κ2) is 12.6. The number of amides is 1. The summed E-state index contributed by atoms with van der Waals surface area (Å²) in [5.74, 6) is -0.677. The van der Waals surface area contributed by atoms with Crippen LogP contribution in [0.25, 0.3) is 0 Å². The van der Waals surface area contributed by atoms with Crippen molar-refractivity contribution in [3.8, 4) is 0 Å². The molecular formula is C25H30F3N3O6S2. The summed E-state index contributed by atoms with van der Waals surface area (Å²) in [5, 5.41) is 10.0. The van der Waals surface area contributed by atoms with Crippen LogP contribution in [0.4, 0.5) is 13.2 Å². The van der Waals surface area contributed by atoms with Crippen LogP contribution in [0.1, 0.15) is 34.3 Å². The molecule has 0 aliphatic carbocycles. The number of nitrogens with one attached hydrogen (secondary N) is 1. The highest BCUT2D eigenvalue weighted by atomic mass is 32.2. The predicted octanol–water partition coefficient (Wildman–Crippen LogP) is 2.80. The zero-order valence-electron chi connectivity index (χ0n) is 21.0. The van der Waals surface area contributed by atoms with Crippen LogP contribution < -0.4 is 4.72 Å². The maximum absolute atomic E-state index is 13.2. The van der Waals surface area contributed by atoms with E-state index in [9.17, 15) is 39.9 Å². The number of halogens is 3. The number of carbonyl (C=O) groups is 1. The van der Waals surface area contributed by atoms with Crippen LogP contribution in [0.3, 0.4) is 0 Å². The topological polar surface area (TPSA) is 124 Å². The van der Waals surface area contributed by atoms with Gasteiger partial charge in [0.1, 0.15) is 0 Å². The van der Waals surface area contributed by atoms with Crippen LogP contribution in [0.2, 0.25) is 0 Å². The van der Waals surface area contributed by atoms with Crippen molar-refractivity contribution in [1.29, 1.82) is 0 Å². The molecule has 9 nitrogen and oxygen atoms in total. The Kier molecular flexibility index (Phi) is 9.93. The minimum Gasteiger partial charge on any atom is -0.396 e. The summed E-state index contributed by atoms with van der Waals surface area (Å²) in [5.41, 5.74) is -0.164. The lowest BCUT2D eigenvalue weighted by Gasteiger charge is -2.23. The maximum atomic E-state index is 13.2. The fourth-order valence-corrected chi connectivity index (χ4v) is 6.23. The molecule has 2 N–H and O–H groups in total. The fraction of sp³-hybridized carbons (Fsp3) is 0.400. The fourth-order valence-electron chi connectivity index (χ4n) is 4.11. The van der Waals surface area contributed by atoms with Gasteiger partial charge < -0.3 is 10.0 Å². The van der Waals surface area contributed by atoms with Gasteiger partial charge >= 0.3 is 6.18 Å². The van der Waals surface area contributed by atoms with Crippen molar-refractivity contribution in [3.05, 3.63) is 77.2 Å². The van der Waals surface area contributed by atoms with Gasteiger partial charge in [-0.25, -0.2) is 21.6 Å². The number of nitrogens with zero attached hydrogens (tertiary/aromatic N) is 2. The molecule has 0 saturated carbocycles. The number of sulfonamides is 2. The molecule has 214 valence electrons. The monoisotopic (exact) mass is 589 g/mol. The minimum atomic E-state index is -4.48. The Morgan fingerprint density at radius 1 is 1.10 bits per heavy atom. The van der Waals surface area contributed by atoms with E-state index in [1.165, 1.54) is 45.6 Å². The second-order valence-corrected chi connectivity index (χ2v) is 12.8. The quantitative estimate of drug-likeness (QED) is 0.393. The molecule has 14 heteroatoms. The zero-order chi connectivity index (χ0) is 28.8. The van der Waals surface area contributed by atoms with Gasteiger partial charge in [0.15, 0.2) is 0 Å². The summed E-state index contributed by atoms with van der Waals surface area (Å²) in [7, 11) is -7.50. The van der Waals surface area contributed by atoms with Gasteiger partial charge in [-0.3, -0.25) is 4.79 Å². The Labute approximate surface area is 226 Å². The number of aliphatic hydroxyl groups excluding tert-OH is 1. The first kappa shape index (κ1) is 30.8. The van der Waals surface area contributed by atoms with Gasteiger partial charge in [0.25, 0.3) is 5.91 Å². The summed E-state index contributed by atoms with van der Waals surface area (Å²) in [6, 6.07) is 9.76. The van der Waals surface area contributed by atoms with E-state index >= 15 is 0 Å². The first-order valence-corrected chi connectivity index (χ1v) is 15.0. The highest BCUT2D eigenvalue weighted by Crippen LogP contribution is 2.29. The third-order valence-corrected chi connectivity index (χ3v) is 9.20. The first-order chi connectivity index (χ1) is 18.3. The second-order valence-electron chi connectivity index (χ2n) is 9.10. The SMILES string of the molecule is C=CS(=O)(=O)NCC1CCN(S(=O)(=O)c2ccc(C(=O)N(CCCO)Cc3ccc(C(F)(F)F)cc3)cc2)C1. The first-order valence-electron chi connectivity index (χ1n) is 12.1. The van der Waals surface area contributed by atoms with Crippen molar-refractivity contribution in [2.75, 3.05) is 32.8 Å². The van der Waals surface area contributed by atoms with Crippen molar-refractivity contribution >= 4 is 26.0 Å². The van der Waals surface area contributed by atoms with E-state index in [1.54, 1.807) is 0 Å². The molecule has 39 heavy (non-hydrogen) atoms. The van der Waals surface area contributed by atoms with E-state index in [4.69, 9.17) is 0 Å². The summed E-state index contributed by atoms with van der Waals surface area (Å²) < 4.78 is 91.5. The van der Waals surface area contributed by atoms with Gasteiger partial charge in [-0.05, 0) is 60.7 Å². The third kappa shape index (κ3) is 8.11. The molecule has 0 radical (unpaired) electrons. The van der Waals surface area contributed by atoms with Crippen LogP contribution in [0.5, 0.6) is 0 Å². The molecule has 2 aromatic rings. The maximum Gasteiger partial charge on any atom is 0.416 e. The predicted molar refractivity (Wildman–Crippen MR) is 138 cm³/mol. The standard InChI is InChI=1S/C25H30F3N3O6S2/c1-2-38(34,35)29-16-20-12-14-31(18-20)39(36,37)23-10-6-21(7-11-23)24(33)30(13-3-15-32)17-19-4-8-22(9-5-19)25(26,27)28/h2,4-11,20,29,32H,1,3,12-18H2. The lowest BCUT2D eigenvalue weighted by molar-refractivity contribution is -0.137. The smallest absolute Gasteiger partial charge is 0.396 e. The Balaban J connectivity index is 1.70. The zero-order valence-corrected chi connectivity index (χ0v) is 22.6.